The number of benzene rings is 2. The molecule has 0 radical (unpaired) electrons. The monoisotopic (exact) mass is 302 g/mol. The average Bonchev–Trinajstić information content (AvgIpc) is 2.86. The van der Waals surface area contributed by atoms with E-state index in [-0.39, 0.29) is 0 Å². The van der Waals surface area contributed by atoms with Gasteiger partial charge in [-0.2, -0.15) is 0 Å². The van der Waals surface area contributed by atoms with E-state index >= 15 is 0 Å². The molecule has 20 heavy (non-hydrogen) atoms. The number of aliphatic hydroxyl groups is 1. The summed E-state index contributed by atoms with van der Waals surface area (Å²) in [5, 5.41) is 14.6. The molecule has 1 aromatic heterocycles. The van der Waals surface area contributed by atoms with Crippen LogP contribution >= 0.6 is 22.9 Å². The first kappa shape index (κ1) is 13.6. The summed E-state index contributed by atoms with van der Waals surface area (Å²) in [4.78, 5) is 0. The first-order valence-corrected chi connectivity index (χ1v) is 7.74. The van der Waals surface area contributed by atoms with Crippen LogP contribution in [0.15, 0.2) is 41.8 Å². The van der Waals surface area contributed by atoms with Crippen molar-refractivity contribution in [3.63, 3.8) is 0 Å². The first-order chi connectivity index (χ1) is 9.58. The van der Waals surface area contributed by atoms with Crippen molar-refractivity contribution in [2.24, 2.45) is 0 Å². The zero-order chi connectivity index (χ0) is 14.3. The van der Waals surface area contributed by atoms with Crippen molar-refractivity contribution in [2.45, 2.75) is 20.0 Å². The number of thiophene rings is 1. The molecule has 1 unspecified atom stereocenters. The molecule has 3 rings (SSSR count). The SMILES string of the molecule is Cc1cc(C(O)c2csc3ccccc23)c(C)cc1Cl. The van der Waals surface area contributed by atoms with E-state index in [0.29, 0.717) is 0 Å². The lowest BCUT2D eigenvalue weighted by Crippen LogP contribution is -2.02. The summed E-state index contributed by atoms with van der Waals surface area (Å²) in [5.41, 5.74) is 3.90. The molecule has 0 aliphatic heterocycles. The van der Waals surface area contributed by atoms with Crippen LogP contribution in [0.25, 0.3) is 10.1 Å². The quantitative estimate of drug-likeness (QED) is 0.685. The molecule has 1 nitrogen and oxygen atoms in total. The third kappa shape index (κ3) is 2.24. The Morgan fingerprint density at radius 3 is 2.60 bits per heavy atom. The number of hydrogen-bond acceptors (Lipinski definition) is 2. The van der Waals surface area contributed by atoms with Crippen LogP contribution in [0, 0.1) is 13.8 Å². The first-order valence-electron chi connectivity index (χ1n) is 6.49. The van der Waals surface area contributed by atoms with Gasteiger partial charge in [0.15, 0.2) is 0 Å². The second-order valence-electron chi connectivity index (χ2n) is 5.05. The molecule has 0 fully saturated rings. The van der Waals surface area contributed by atoms with Gasteiger partial charge in [0.25, 0.3) is 0 Å². The molecule has 0 saturated heterocycles. The largest absolute Gasteiger partial charge is 0.384 e. The van der Waals surface area contributed by atoms with Crippen LogP contribution in [0.5, 0.6) is 0 Å². The smallest absolute Gasteiger partial charge is 0.106 e. The third-order valence-electron chi connectivity index (χ3n) is 3.65. The van der Waals surface area contributed by atoms with Gasteiger partial charge in [-0.3, -0.25) is 0 Å². The van der Waals surface area contributed by atoms with Gasteiger partial charge < -0.3 is 5.11 Å². The van der Waals surface area contributed by atoms with Gasteiger partial charge in [0.05, 0.1) is 0 Å². The van der Waals surface area contributed by atoms with Gasteiger partial charge in [0, 0.05) is 15.3 Å². The number of rotatable bonds is 2. The van der Waals surface area contributed by atoms with E-state index < -0.39 is 6.10 Å². The van der Waals surface area contributed by atoms with Gasteiger partial charge in [0.1, 0.15) is 6.10 Å². The van der Waals surface area contributed by atoms with Crippen molar-refractivity contribution < 1.29 is 5.11 Å². The van der Waals surface area contributed by atoms with Gasteiger partial charge in [-0.25, -0.2) is 0 Å². The summed E-state index contributed by atoms with van der Waals surface area (Å²) < 4.78 is 1.20. The zero-order valence-electron chi connectivity index (χ0n) is 11.4. The van der Waals surface area contributed by atoms with Gasteiger partial charge in [-0.15, -0.1) is 11.3 Å². The average molecular weight is 303 g/mol. The van der Waals surface area contributed by atoms with Crippen molar-refractivity contribution in [1.29, 1.82) is 0 Å². The molecule has 3 heteroatoms. The molecule has 1 N–H and O–H groups in total. The lowest BCUT2D eigenvalue weighted by Gasteiger charge is -2.15. The number of hydrogen-bond donors (Lipinski definition) is 1. The maximum absolute atomic E-state index is 10.7. The molecule has 0 amide bonds. The standard InChI is InChI=1S/C17H15ClOS/c1-10-8-15(18)11(2)7-13(10)17(19)14-9-20-16-6-4-3-5-12(14)16/h3-9,17,19H,1-2H3. The fourth-order valence-electron chi connectivity index (χ4n) is 2.48. The molecular formula is C17H15ClOS. The summed E-state index contributed by atoms with van der Waals surface area (Å²) in [6.07, 6.45) is -0.609. The highest BCUT2D eigenvalue weighted by Crippen LogP contribution is 2.35. The molecule has 2 aromatic carbocycles. The minimum atomic E-state index is -0.609. The number of aryl methyl sites for hydroxylation is 2. The molecule has 1 atom stereocenters. The molecule has 1 heterocycles. The second-order valence-corrected chi connectivity index (χ2v) is 6.37. The Morgan fingerprint density at radius 1 is 1.05 bits per heavy atom. The molecule has 0 spiro atoms. The summed E-state index contributed by atoms with van der Waals surface area (Å²) >= 11 is 7.80. The van der Waals surface area contributed by atoms with Crippen molar-refractivity contribution in [3.8, 4) is 0 Å². The summed E-state index contributed by atoms with van der Waals surface area (Å²) in [5.74, 6) is 0. The van der Waals surface area contributed by atoms with E-state index in [9.17, 15) is 5.11 Å². The van der Waals surface area contributed by atoms with Crippen molar-refractivity contribution in [1.82, 2.24) is 0 Å². The van der Waals surface area contributed by atoms with Crippen LogP contribution in [-0.4, -0.2) is 5.11 Å². The Bertz CT molecular complexity index is 776. The summed E-state index contributed by atoms with van der Waals surface area (Å²) in [6.45, 7) is 3.95. The Kier molecular flexibility index (Phi) is 3.55. The van der Waals surface area contributed by atoms with Gasteiger partial charge in [0.2, 0.25) is 0 Å². The van der Waals surface area contributed by atoms with Crippen LogP contribution in [-0.2, 0) is 0 Å². The predicted molar refractivity (Wildman–Crippen MR) is 86.8 cm³/mol. The highest BCUT2D eigenvalue weighted by Gasteiger charge is 2.17. The molecule has 0 bridgehead atoms. The lowest BCUT2D eigenvalue weighted by atomic mass is 9.95. The highest BCUT2D eigenvalue weighted by molar-refractivity contribution is 7.17. The maximum atomic E-state index is 10.7. The molecule has 0 aliphatic rings. The van der Waals surface area contributed by atoms with E-state index in [2.05, 4.69) is 12.1 Å². The topological polar surface area (TPSA) is 20.2 Å². The van der Waals surface area contributed by atoms with Gasteiger partial charge >= 0.3 is 0 Å². The maximum Gasteiger partial charge on any atom is 0.106 e. The third-order valence-corrected chi connectivity index (χ3v) is 5.04. The van der Waals surface area contributed by atoms with Crippen LogP contribution < -0.4 is 0 Å². The van der Waals surface area contributed by atoms with Crippen LogP contribution in [0.4, 0.5) is 0 Å². The van der Waals surface area contributed by atoms with E-state index in [0.717, 1.165) is 32.7 Å². The summed E-state index contributed by atoms with van der Waals surface area (Å²) in [6, 6.07) is 12.1. The van der Waals surface area contributed by atoms with E-state index in [1.807, 2.05) is 43.5 Å². The van der Waals surface area contributed by atoms with Crippen molar-refractivity contribution in [2.75, 3.05) is 0 Å². The molecule has 3 aromatic rings. The summed E-state index contributed by atoms with van der Waals surface area (Å²) in [7, 11) is 0. The van der Waals surface area contributed by atoms with E-state index in [1.54, 1.807) is 11.3 Å². The van der Waals surface area contributed by atoms with E-state index in [1.165, 1.54) is 4.70 Å². The Labute approximate surface area is 127 Å². The minimum Gasteiger partial charge on any atom is -0.384 e. The molecular weight excluding hydrogens is 288 g/mol. The Morgan fingerprint density at radius 2 is 1.80 bits per heavy atom. The van der Waals surface area contributed by atoms with Crippen molar-refractivity contribution >= 4 is 33.0 Å². The zero-order valence-corrected chi connectivity index (χ0v) is 12.9. The highest BCUT2D eigenvalue weighted by atomic mass is 35.5. The predicted octanol–water partition coefficient (Wildman–Crippen LogP) is 5.25. The Balaban J connectivity index is 2.13. The van der Waals surface area contributed by atoms with Crippen LogP contribution in [0.1, 0.15) is 28.4 Å². The number of halogens is 1. The van der Waals surface area contributed by atoms with Gasteiger partial charge in [-0.05, 0) is 53.4 Å². The van der Waals surface area contributed by atoms with Crippen LogP contribution in [0.3, 0.4) is 0 Å². The molecule has 102 valence electrons. The normalized spacial score (nSPS) is 12.8. The Hall–Kier alpha value is -1.35. The van der Waals surface area contributed by atoms with Crippen molar-refractivity contribution in [3.05, 3.63) is 69.1 Å². The van der Waals surface area contributed by atoms with E-state index in [4.69, 9.17) is 11.6 Å². The number of fused-ring (bicyclic) bond motifs is 1. The lowest BCUT2D eigenvalue weighted by molar-refractivity contribution is 0.221. The molecule has 0 aliphatic carbocycles. The fraction of sp³-hybridized carbons (Fsp3) is 0.176. The second kappa shape index (κ2) is 5.21. The fourth-order valence-corrected chi connectivity index (χ4v) is 3.67. The molecule has 0 saturated carbocycles. The minimum absolute atomic E-state index is 0.609. The van der Waals surface area contributed by atoms with Crippen LogP contribution in [0.2, 0.25) is 5.02 Å². The van der Waals surface area contributed by atoms with Gasteiger partial charge in [-0.1, -0.05) is 35.9 Å². The number of aliphatic hydroxyl groups excluding tert-OH is 1.